The van der Waals surface area contributed by atoms with E-state index in [1.807, 2.05) is 6.92 Å². The Morgan fingerprint density at radius 3 is 2.40 bits per heavy atom. The Hall–Kier alpha value is -3.62. The second kappa shape index (κ2) is 8.40. The third-order valence-electron chi connectivity index (χ3n) is 4.96. The number of methoxy groups -OCH3 is 2. The molecule has 0 aliphatic rings. The molecule has 0 spiro atoms. The van der Waals surface area contributed by atoms with E-state index < -0.39 is 5.97 Å². The van der Waals surface area contributed by atoms with Gasteiger partial charge in [0.2, 0.25) is 0 Å². The Kier molecular flexibility index (Phi) is 5.91. The number of ether oxygens (including phenoxy) is 2. The molecule has 0 radical (unpaired) electrons. The standard InChI is InChI=1S/C21H24N4O5/c1-6-24-18-17(19(26)25(7-2)21(24)28)23(3)16(22-18)11-9-13-8-10-14(20(27)30-5)15(12-13)29-4/h8-12H,6-7H2,1-5H3/b11-9+. The lowest BCUT2D eigenvalue weighted by Gasteiger charge is -2.08. The number of nitrogens with zero attached hydrogens (tertiary/aromatic N) is 4. The molecular formula is C21H24N4O5. The lowest BCUT2D eigenvalue weighted by atomic mass is 10.1. The molecule has 30 heavy (non-hydrogen) atoms. The molecule has 0 amide bonds. The van der Waals surface area contributed by atoms with Crippen molar-refractivity contribution in [2.45, 2.75) is 26.9 Å². The molecule has 2 aromatic heterocycles. The van der Waals surface area contributed by atoms with Crippen LogP contribution in [-0.4, -0.2) is 38.9 Å². The number of aromatic nitrogens is 4. The minimum absolute atomic E-state index is 0.288. The Morgan fingerprint density at radius 2 is 1.80 bits per heavy atom. The van der Waals surface area contributed by atoms with E-state index in [4.69, 9.17) is 9.47 Å². The van der Waals surface area contributed by atoms with Crippen LogP contribution in [0.1, 0.15) is 35.6 Å². The van der Waals surface area contributed by atoms with E-state index >= 15 is 0 Å². The van der Waals surface area contributed by atoms with Crippen molar-refractivity contribution < 1.29 is 14.3 Å². The Bertz CT molecular complexity index is 1260. The molecule has 1 aromatic carbocycles. The Balaban J connectivity index is 2.11. The van der Waals surface area contributed by atoms with Gasteiger partial charge in [0.1, 0.15) is 17.1 Å². The second-order valence-electron chi connectivity index (χ2n) is 6.56. The summed E-state index contributed by atoms with van der Waals surface area (Å²) in [7, 11) is 4.52. The molecule has 0 saturated carbocycles. The third kappa shape index (κ3) is 3.42. The Labute approximate surface area is 172 Å². The first-order chi connectivity index (χ1) is 14.4. The van der Waals surface area contributed by atoms with Crippen molar-refractivity contribution >= 4 is 29.3 Å². The normalized spacial score (nSPS) is 11.4. The minimum Gasteiger partial charge on any atom is -0.496 e. The molecule has 0 fully saturated rings. The van der Waals surface area contributed by atoms with Crippen LogP contribution in [0.4, 0.5) is 0 Å². The first kappa shape index (κ1) is 21.1. The van der Waals surface area contributed by atoms with Gasteiger partial charge in [0.25, 0.3) is 5.56 Å². The first-order valence-corrected chi connectivity index (χ1v) is 9.52. The third-order valence-corrected chi connectivity index (χ3v) is 4.96. The van der Waals surface area contributed by atoms with Gasteiger partial charge in [-0.3, -0.25) is 13.9 Å². The number of hydrogen-bond donors (Lipinski definition) is 0. The highest BCUT2D eigenvalue weighted by Gasteiger charge is 2.18. The molecule has 3 rings (SSSR count). The molecule has 0 atom stereocenters. The molecule has 9 nitrogen and oxygen atoms in total. The molecule has 0 N–H and O–H groups in total. The fraction of sp³-hybridized carbons (Fsp3) is 0.333. The maximum atomic E-state index is 12.8. The number of carbonyl (C=O) groups is 1. The van der Waals surface area contributed by atoms with Crippen LogP contribution in [0, 0.1) is 0 Å². The summed E-state index contributed by atoms with van der Waals surface area (Å²) in [5.74, 6) is 0.427. The van der Waals surface area contributed by atoms with Gasteiger partial charge in [-0.25, -0.2) is 14.6 Å². The lowest BCUT2D eigenvalue weighted by Crippen LogP contribution is -2.39. The predicted octanol–water partition coefficient (Wildman–Crippen LogP) is 1.90. The molecule has 9 heteroatoms. The van der Waals surface area contributed by atoms with E-state index in [0.717, 1.165) is 5.56 Å². The van der Waals surface area contributed by atoms with Crippen LogP contribution in [0.25, 0.3) is 23.3 Å². The maximum absolute atomic E-state index is 12.8. The van der Waals surface area contributed by atoms with E-state index in [-0.39, 0.29) is 17.8 Å². The highest BCUT2D eigenvalue weighted by Crippen LogP contribution is 2.22. The monoisotopic (exact) mass is 412 g/mol. The van der Waals surface area contributed by atoms with E-state index in [1.165, 1.54) is 23.4 Å². The van der Waals surface area contributed by atoms with Crippen molar-refractivity contribution in [3.8, 4) is 5.75 Å². The van der Waals surface area contributed by atoms with E-state index in [1.54, 1.807) is 48.9 Å². The zero-order valence-electron chi connectivity index (χ0n) is 17.6. The molecule has 158 valence electrons. The Morgan fingerprint density at radius 1 is 1.10 bits per heavy atom. The number of carbonyl (C=O) groups excluding carboxylic acids is 1. The average molecular weight is 412 g/mol. The van der Waals surface area contributed by atoms with Gasteiger partial charge in [0, 0.05) is 20.1 Å². The van der Waals surface area contributed by atoms with Gasteiger partial charge >= 0.3 is 11.7 Å². The van der Waals surface area contributed by atoms with Gasteiger partial charge in [0.05, 0.1) is 14.2 Å². The van der Waals surface area contributed by atoms with Crippen LogP contribution in [0.5, 0.6) is 5.75 Å². The van der Waals surface area contributed by atoms with Crippen molar-refractivity contribution in [2.75, 3.05) is 14.2 Å². The van der Waals surface area contributed by atoms with Crippen LogP contribution in [-0.2, 0) is 24.9 Å². The number of hydrogen-bond acceptors (Lipinski definition) is 6. The summed E-state index contributed by atoms with van der Waals surface area (Å²) in [6.07, 6.45) is 3.53. The van der Waals surface area contributed by atoms with Crippen LogP contribution in [0.3, 0.4) is 0 Å². The van der Waals surface area contributed by atoms with E-state index in [2.05, 4.69) is 4.98 Å². The summed E-state index contributed by atoms with van der Waals surface area (Å²) in [5.41, 5.74) is 1.10. The highest BCUT2D eigenvalue weighted by molar-refractivity contribution is 5.93. The summed E-state index contributed by atoms with van der Waals surface area (Å²) in [5, 5.41) is 0. The fourth-order valence-electron chi connectivity index (χ4n) is 3.35. The largest absolute Gasteiger partial charge is 0.496 e. The minimum atomic E-state index is -0.484. The summed E-state index contributed by atoms with van der Waals surface area (Å²) in [4.78, 5) is 41.7. The fourth-order valence-corrected chi connectivity index (χ4v) is 3.35. The van der Waals surface area contributed by atoms with Gasteiger partial charge in [-0.05, 0) is 37.6 Å². The molecular weight excluding hydrogens is 388 g/mol. The van der Waals surface area contributed by atoms with Crippen molar-refractivity contribution in [3.05, 3.63) is 56.0 Å². The number of imidazole rings is 1. The van der Waals surface area contributed by atoms with Crippen molar-refractivity contribution in [3.63, 3.8) is 0 Å². The van der Waals surface area contributed by atoms with E-state index in [0.29, 0.717) is 34.8 Å². The number of esters is 1. The van der Waals surface area contributed by atoms with Crippen LogP contribution < -0.4 is 16.0 Å². The molecule has 0 saturated heterocycles. The second-order valence-corrected chi connectivity index (χ2v) is 6.56. The zero-order valence-corrected chi connectivity index (χ0v) is 17.6. The van der Waals surface area contributed by atoms with Gasteiger partial charge in [-0.1, -0.05) is 12.1 Å². The summed E-state index contributed by atoms with van der Waals surface area (Å²) < 4.78 is 14.4. The summed E-state index contributed by atoms with van der Waals surface area (Å²) >= 11 is 0. The lowest BCUT2D eigenvalue weighted by molar-refractivity contribution is 0.0597. The number of aryl methyl sites for hydroxylation is 2. The molecule has 0 unspecified atom stereocenters. The van der Waals surface area contributed by atoms with Gasteiger partial charge in [0.15, 0.2) is 11.2 Å². The van der Waals surface area contributed by atoms with Crippen molar-refractivity contribution in [2.24, 2.45) is 7.05 Å². The van der Waals surface area contributed by atoms with Gasteiger partial charge in [-0.2, -0.15) is 0 Å². The molecule has 0 bridgehead atoms. The summed E-state index contributed by atoms with van der Waals surface area (Å²) in [6.45, 7) is 4.29. The first-order valence-electron chi connectivity index (χ1n) is 9.52. The van der Waals surface area contributed by atoms with Crippen molar-refractivity contribution in [1.82, 2.24) is 18.7 Å². The van der Waals surface area contributed by atoms with Crippen LogP contribution in [0.2, 0.25) is 0 Å². The quantitative estimate of drug-likeness (QED) is 0.574. The number of rotatable bonds is 6. The van der Waals surface area contributed by atoms with Crippen LogP contribution in [0.15, 0.2) is 27.8 Å². The SMILES string of the molecule is CCn1c(=O)c2c(nc(/C=C/c3ccc(C(=O)OC)c(OC)c3)n2C)n(CC)c1=O. The van der Waals surface area contributed by atoms with E-state index in [9.17, 15) is 14.4 Å². The van der Waals surface area contributed by atoms with Gasteiger partial charge < -0.3 is 14.0 Å². The topological polar surface area (TPSA) is 97.3 Å². The number of benzene rings is 1. The van der Waals surface area contributed by atoms with Crippen LogP contribution >= 0.6 is 0 Å². The number of fused-ring (bicyclic) bond motifs is 1. The molecule has 3 aromatic rings. The average Bonchev–Trinajstić information content (AvgIpc) is 3.08. The highest BCUT2D eigenvalue weighted by atomic mass is 16.5. The molecule has 0 aliphatic carbocycles. The maximum Gasteiger partial charge on any atom is 0.341 e. The zero-order chi connectivity index (χ0) is 22.0. The van der Waals surface area contributed by atoms with Gasteiger partial charge in [-0.15, -0.1) is 0 Å². The smallest absolute Gasteiger partial charge is 0.341 e. The van der Waals surface area contributed by atoms with Crippen molar-refractivity contribution in [1.29, 1.82) is 0 Å². The molecule has 2 heterocycles. The summed E-state index contributed by atoms with van der Waals surface area (Å²) in [6, 6.07) is 5.07. The predicted molar refractivity (Wildman–Crippen MR) is 114 cm³/mol. The molecule has 0 aliphatic heterocycles.